The van der Waals surface area contributed by atoms with Gasteiger partial charge in [-0.25, -0.2) is 0 Å². The molecule has 0 heterocycles. The largest absolute Gasteiger partial charge is 0.416 e. The van der Waals surface area contributed by atoms with Gasteiger partial charge < -0.3 is 4.90 Å². The van der Waals surface area contributed by atoms with Gasteiger partial charge in [0, 0.05) is 24.5 Å². The van der Waals surface area contributed by atoms with Gasteiger partial charge in [0.25, 0.3) is 5.91 Å². The van der Waals surface area contributed by atoms with Crippen LogP contribution < -0.4 is 0 Å². The summed E-state index contributed by atoms with van der Waals surface area (Å²) >= 11 is 5.87. The van der Waals surface area contributed by atoms with Crippen molar-refractivity contribution in [3.8, 4) is 0 Å². The maximum absolute atomic E-state index is 12.4. The third-order valence-corrected chi connectivity index (χ3v) is 3.87. The molecule has 6 heteroatoms. The maximum Gasteiger partial charge on any atom is 0.416 e. The van der Waals surface area contributed by atoms with E-state index in [0.717, 1.165) is 25.0 Å². The van der Waals surface area contributed by atoms with Crippen LogP contribution >= 0.6 is 11.6 Å². The molecule has 0 spiro atoms. The fraction of sp³-hybridized carbons (Fsp3) is 0.500. The summed E-state index contributed by atoms with van der Waals surface area (Å²) in [5, 5.41) is 0.189. The van der Waals surface area contributed by atoms with Crippen molar-refractivity contribution in [2.45, 2.75) is 24.4 Å². The normalized spacial score (nSPS) is 22.2. The molecular formula is C14H15ClF3NO. The van der Waals surface area contributed by atoms with Crippen LogP contribution in [0.5, 0.6) is 0 Å². The zero-order chi connectivity index (χ0) is 14.9. The van der Waals surface area contributed by atoms with E-state index in [9.17, 15) is 18.0 Å². The lowest BCUT2D eigenvalue weighted by Gasteiger charge is -2.34. The molecule has 0 unspecified atom stereocenters. The van der Waals surface area contributed by atoms with E-state index in [1.165, 1.54) is 17.0 Å². The summed E-state index contributed by atoms with van der Waals surface area (Å²) in [5.41, 5.74) is -0.483. The molecule has 1 aliphatic rings. The second-order valence-corrected chi connectivity index (χ2v) is 5.81. The Morgan fingerprint density at radius 2 is 1.85 bits per heavy atom. The number of benzene rings is 1. The minimum Gasteiger partial charge on any atom is -0.341 e. The first-order chi connectivity index (χ1) is 9.27. The van der Waals surface area contributed by atoms with E-state index in [1.807, 2.05) is 0 Å². The van der Waals surface area contributed by atoms with E-state index in [4.69, 9.17) is 11.6 Å². The van der Waals surface area contributed by atoms with Crippen LogP contribution in [0.25, 0.3) is 0 Å². The Kier molecular flexibility index (Phi) is 4.28. The third kappa shape index (κ3) is 3.45. The Morgan fingerprint density at radius 3 is 2.30 bits per heavy atom. The van der Waals surface area contributed by atoms with Gasteiger partial charge >= 0.3 is 6.18 Å². The van der Waals surface area contributed by atoms with Crippen molar-refractivity contribution in [1.29, 1.82) is 0 Å². The summed E-state index contributed by atoms with van der Waals surface area (Å²) in [6.07, 6.45) is -2.62. The molecule has 1 fully saturated rings. The van der Waals surface area contributed by atoms with Gasteiger partial charge in [0.1, 0.15) is 0 Å². The summed E-state index contributed by atoms with van der Waals surface area (Å²) in [4.78, 5) is 13.6. The van der Waals surface area contributed by atoms with E-state index in [-0.39, 0.29) is 16.8 Å². The summed E-state index contributed by atoms with van der Waals surface area (Å²) in [6.45, 7) is 0.586. The zero-order valence-corrected chi connectivity index (χ0v) is 11.7. The Hall–Kier alpha value is -1.23. The molecule has 0 radical (unpaired) electrons. The van der Waals surface area contributed by atoms with Gasteiger partial charge in [-0.3, -0.25) is 4.79 Å². The molecule has 0 atom stereocenters. The van der Waals surface area contributed by atoms with Crippen molar-refractivity contribution < 1.29 is 18.0 Å². The van der Waals surface area contributed by atoms with E-state index in [1.54, 1.807) is 7.05 Å². The van der Waals surface area contributed by atoms with Crippen molar-refractivity contribution >= 4 is 17.5 Å². The molecule has 1 aliphatic carbocycles. The lowest BCUT2D eigenvalue weighted by atomic mass is 9.84. The smallest absolute Gasteiger partial charge is 0.341 e. The number of carbonyl (C=O) groups excluding carboxylic acids is 1. The first-order valence-electron chi connectivity index (χ1n) is 6.34. The molecule has 0 N–H and O–H groups in total. The van der Waals surface area contributed by atoms with Gasteiger partial charge in [0.05, 0.1) is 5.56 Å². The number of carbonyl (C=O) groups is 1. The molecule has 1 saturated carbocycles. The second-order valence-electron chi connectivity index (χ2n) is 5.20. The topological polar surface area (TPSA) is 20.3 Å². The first kappa shape index (κ1) is 15.2. The average molecular weight is 306 g/mol. The fourth-order valence-electron chi connectivity index (χ4n) is 2.30. The lowest BCUT2D eigenvalue weighted by Crippen LogP contribution is -2.37. The zero-order valence-electron chi connectivity index (χ0n) is 11.0. The van der Waals surface area contributed by atoms with Crippen LogP contribution in [0.4, 0.5) is 13.2 Å². The number of hydrogen-bond donors (Lipinski definition) is 0. The summed E-state index contributed by atoms with van der Waals surface area (Å²) < 4.78 is 37.3. The van der Waals surface area contributed by atoms with Crippen molar-refractivity contribution in [2.24, 2.45) is 5.92 Å². The molecule has 0 bridgehead atoms. The van der Waals surface area contributed by atoms with Crippen molar-refractivity contribution in [3.05, 3.63) is 35.4 Å². The van der Waals surface area contributed by atoms with Gasteiger partial charge in [0.2, 0.25) is 0 Å². The number of amides is 1. The number of nitrogens with zero attached hydrogens (tertiary/aromatic N) is 1. The van der Waals surface area contributed by atoms with Crippen molar-refractivity contribution in [1.82, 2.24) is 4.90 Å². The van der Waals surface area contributed by atoms with Crippen LogP contribution in [0.3, 0.4) is 0 Å². The highest BCUT2D eigenvalue weighted by molar-refractivity contribution is 6.21. The van der Waals surface area contributed by atoms with Crippen LogP contribution in [-0.2, 0) is 6.18 Å². The molecule has 0 aromatic heterocycles. The molecule has 1 amide bonds. The van der Waals surface area contributed by atoms with Crippen molar-refractivity contribution in [3.63, 3.8) is 0 Å². The molecule has 0 saturated heterocycles. The highest BCUT2D eigenvalue weighted by Gasteiger charge is 2.31. The predicted octanol–water partition coefficient (Wildman–Crippen LogP) is 3.79. The lowest BCUT2D eigenvalue weighted by molar-refractivity contribution is -0.137. The Labute approximate surface area is 120 Å². The monoisotopic (exact) mass is 305 g/mol. The summed E-state index contributed by atoms with van der Waals surface area (Å²) in [6, 6.07) is 4.29. The minimum absolute atomic E-state index is 0.189. The van der Waals surface area contributed by atoms with E-state index >= 15 is 0 Å². The standard InChI is InChI=1S/C14H15ClF3NO/c1-19(8-9-6-12(15)7-9)13(20)10-2-4-11(5-3-10)14(16,17)18/h2-5,9,12H,6-8H2,1H3. The number of rotatable bonds is 3. The van der Waals surface area contributed by atoms with E-state index < -0.39 is 11.7 Å². The number of halogens is 4. The average Bonchev–Trinajstić information content (AvgIpc) is 2.35. The van der Waals surface area contributed by atoms with Crippen LogP contribution in [0, 0.1) is 5.92 Å². The Morgan fingerprint density at radius 1 is 1.30 bits per heavy atom. The van der Waals surface area contributed by atoms with Gasteiger partial charge in [0.15, 0.2) is 0 Å². The van der Waals surface area contributed by atoms with Crippen molar-refractivity contribution in [2.75, 3.05) is 13.6 Å². The second kappa shape index (κ2) is 5.64. The van der Waals surface area contributed by atoms with Gasteiger partial charge in [-0.15, -0.1) is 11.6 Å². The van der Waals surface area contributed by atoms with Crippen LogP contribution in [0.2, 0.25) is 0 Å². The third-order valence-electron chi connectivity index (χ3n) is 3.52. The first-order valence-corrected chi connectivity index (χ1v) is 6.78. The quantitative estimate of drug-likeness (QED) is 0.778. The van der Waals surface area contributed by atoms with E-state index in [0.29, 0.717) is 12.5 Å². The Bertz CT molecular complexity index is 480. The maximum atomic E-state index is 12.4. The molecule has 2 rings (SSSR count). The predicted molar refractivity (Wildman–Crippen MR) is 70.8 cm³/mol. The highest BCUT2D eigenvalue weighted by atomic mass is 35.5. The van der Waals surface area contributed by atoms with Crippen LogP contribution in [-0.4, -0.2) is 29.8 Å². The molecule has 1 aromatic rings. The minimum atomic E-state index is -4.38. The number of alkyl halides is 4. The molecule has 20 heavy (non-hydrogen) atoms. The molecule has 1 aromatic carbocycles. The highest BCUT2D eigenvalue weighted by Crippen LogP contribution is 2.32. The van der Waals surface area contributed by atoms with E-state index in [2.05, 4.69) is 0 Å². The molecule has 110 valence electrons. The molecule has 2 nitrogen and oxygen atoms in total. The summed E-state index contributed by atoms with van der Waals surface area (Å²) in [7, 11) is 1.65. The Balaban J connectivity index is 1.98. The van der Waals surface area contributed by atoms with Gasteiger partial charge in [-0.1, -0.05) is 0 Å². The van der Waals surface area contributed by atoms with Gasteiger partial charge in [-0.05, 0) is 43.0 Å². The molecular weight excluding hydrogens is 291 g/mol. The fourth-order valence-corrected chi connectivity index (χ4v) is 2.80. The van der Waals surface area contributed by atoms with Crippen LogP contribution in [0.15, 0.2) is 24.3 Å². The summed E-state index contributed by atoms with van der Waals surface area (Å²) in [5.74, 6) is 0.123. The van der Waals surface area contributed by atoms with Gasteiger partial charge in [-0.2, -0.15) is 13.2 Å². The number of hydrogen-bond acceptors (Lipinski definition) is 1. The van der Waals surface area contributed by atoms with Crippen LogP contribution in [0.1, 0.15) is 28.8 Å². The molecule has 0 aliphatic heterocycles. The SMILES string of the molecule is CN(CC1CC(Cl)C1)C(=O)c1ccc(C(F)(F)F)cc1.